The van der Waals surface area contributed by atoms with Crippen molar-refractivity contribution in [3.8, 4) is 11.4 Å². The highest BCUT2D eigenvalue weighted by Gasteiger charge is 2.19. The maximum Gasteiger partial charge on any atom is 0.311 e. The summed E-state index contributed by atoms with van der Waals surface area (Å²) in [5.41, 5.74) is 3.72. The number of rotatable bonds is 11. The topological polar surface area (TPSA) is 108 Å². The Morgan fingerprint density at radius 3 is 2.68 bits per heavy atom. The average Bonchev–Trinajstić information content (AvgIpc) is 3.50. The van der Waals surface area contributed by atoms with Gasteiger partial charge in [0.2, 0.25) is 5.91 Å². The normalized spacial score (nSPS) is 10.8. The first-order chi connectivity index (χ1) is 17.9. The molecule has 2 aromatic heterocycles. The Hall–Kier alpha value is -3.70. The van der Waals surface area contributed by atoms with E-state index in [1.165, 1.54) is 23.1 Å². The first kappa shape index (κ1) is 26.4. The molecule has 11 heteroatoms. The van der Waals surface area contributed by atoms with Gasteiger partial charge in [-0.1, -0.05) is 42.1 Å². The van der Waals surface area contributed by atoms with E-state index in [1.807, 2.05) is 66.9 Å². The molecule has 0 aliphatic heterocycles. The molecule has 0 aliphatic rings. The van der Waals surface area contributed by atoms with Crippen molar-refractivity contribution in [3.63, 3.8) is 0 Å². The van der Waals surface area contributed by atoms with E-state index in [0.717, 1.165) is 22.6 Å². The van der Waals surface area contributed by atoms with E-state index in [-0.39, 0.29) is 30.7 Å². The summed E-state index contributed by atoms with van der Waals surface area (Å²) >= 11 is 2.54. The average molecular weight is 538 g/mol. The van der Waals surface area contributed by atoms with Crippen LogP contribution in [0.3, 0.4) is 0 Å². The summed E-state index contributed by atoms with van der Waals surface area (Å²) in [5, 5.41) is 14.3. The van der Waals surface area contributed by atoms with Crippen LogP contribution in [0.25, 0.3) is 5.69 Å². The Labute approximate surface area is 223 Å². The molecule has 0 spiro atoms. The van der Waals surface area contributed by atoms with Gasteiger partial charge >= 0.3 is 5.97 Å². The number of thioether (sulfide) groups is 1. The number of aryl methyl sites for hydroxylation is 1. The van der Waals surface area contributed by atoms with Crippen LogP contribution in [0.5, 0.6) is 5.75 Å². The summed E-state index contributed by atoms with van der Waals surface area (Å²) in [4.78, 5) is 28.6. The molecule has 0 aliphatic carbocycles. The minimum atomic E-state index is -0.348. The molecule has 2 aromatic carbocycles. The molecule has 0 unspecified atom stereocenters. The number of esters is 1. The van der Waals surface area contributed by atoms with Gasteiger partial charge in [-0.15, -0.1) is 21.5 Å². The number of hydrogen-bond donors (Lipinski definition) is 1. The number of carbonyl (C=O) groups is 2. The molecule has 1 amide bonds. The number of para-hydroxylation sites is 1. The van der Waals surface area contributed by atoms with E-state index < -0.39 is 0 Å². The second kappa shape index (κ2) is 12.5. The first-order valence-electron chi connectivity index (χ1n) is 11.7. The molecule has 192 valence electrons. The van der Waals surface area contributed by atoms with E-state index in [1.54, 1.807) is 12.3 Å². The van der Waals surface area contributed by atoms with Gasteiger partial charge in [-0.3, -0.25) is 14.2 Å². The lowest BCUT2D eigenvalue weighted by Crippen LogP contribution is -2.15. The number of carbonyl (C=O) groups excluding carboxylic acids is 2. The molecular weight excluding hydrogens is 510 g/mol. The van der Waals surface area contributed by atoms with Crippen molar-refractivity contribution in [1.29, 1.82) is 0 Å². The van der Waals surface area contributed by atoms with Crippen molar-refractivity contribution in [3.05, 3.63) is 76.6 Å². The zero-order chi connectivity index (χ0) is 26.2. The summed E-state index contributed by atoms with van der Waals surface area (Å²) < 4.78 is 12.8. The highest BCUT2D eigenvalue weighted by atomic mass is 32.2. The minimum absolute atomic E-state index is 0.0712. The van der Waals surface area contributed by atoms with Gasteiger partial charge in [-0.2, -0.15) is 0 Å². The van der Waals surface area contributed by atoms with Crippen LogP contribution in [0, 0.1) is 13.8 Å². The fraction of sp³-hybridized carbons (Fsp3) is 0.269. The first-order valence-corrected chi connectivity index (χ1v) is 13.5. The molecule has 0 bridgehead atoms. The molecule has 0 radical (unpaired) electrons. The number of anilines is 1. The van der Waals surface area contributed by atoms with Gasteiger partial charge in [0, 0.05) is 5.38 Å². The molecule has 2 heterocycles. The number of aromatic nitrogens is 4. The Kier molecular flexibility index (Phi) is 8.91. The molecule has 0 saturated heterocycles. The summed E-state index contributed by atoms with van der Waals surface area (Å²) in [6.07, 6.45) is 0.0712. The van der Waals surface area contributed by atoms with Crippen LogP contribution in [-0.4, -0.2) is 44.0 Å². The van der Waals surface area contributed by atoms with Crippen LogP contribution in [-0.2, 0) is 27.4 Å². The second-order valence-electron chi connectivity index (χ2n) is 8.02. The maximum absolute atomic E-state index is 12.7. The molecule has 9 nitrogen and oxygen atoms in total. The number of benzene rings is 2. The van der Waals surface area contributed by atoms with Crippen molar-refractivity contribution in [2.75, 3.05) is 17.7 Å². The highest BCUT2D eigenvalue weighted by molar-refractivity contribution is 7.99. The molecule has 37 heavy (non-hydrogen) atoms. The van der Waals surface area contributed by atoms with Gasteiger partial charge in [0.05, 0.1) is 30.2 Å². The smallest absolute Gasteiger partial charge is 0.311 e. The Bertz CT molecular complexity index is 1370. The third kappa shape index (κ3) is 6.95. The largest absolute Gasteiger partial charge is 0.486 e. The third-order valence-corrected chi connectivity index (χ3v) is 7.13. The Balaban J connectivity index is 1.46. The van der Waals surface area contributed by atoms with Gasteiger partial charge in [0.15, 0.2) is 16.1 Å². The van der Waals surface area contributed by atoms with Crippen LogP contribution >= 0.6 is 23.1 Å². The predicted molar refractivity (Wildman–Crippen MR) is 143 cm³/mol. The molecule has 0 saturated carbocycles. The van der Waals surface area contributed by atoms with Gasteiger partial charge < -0.3 is 14.8 Å². The molecular formula is C26H27N5O4S2. The molecule has 4 rings (SSSR count). The van der Waals surface area contributed by atoms with Crippen molar-refractivity contribution < 1.29 is 19.1 Å². The van der Waals surface area contributed by atoms with Gasteiger partial charge in [0.1, 0.15) is 12.4 Å². The van der Waals surface area contributed by atoms with Gasteiger partial charge in [-0.25, -0.2) is 4.98 Å². The SMILES string of the molecule is CCOC(=O)Cc1csc(NC(=O)CSc2nnc(COc3ccccc3)n2-c2cccc(C)c2C)n1. The Morgan fingerprint density at radius 1 is 1.08 bits per heavy atom. The van der Waals surface area contributed by atoms with Gasteiger partial charge in [-0.05, 0) is 50.1 Å². The third-order valence-electron chi connectivity index (χ3n) is 5.39. The predicted octanol–water partition coefficient (Wildman–Crippen LogP) is 4.76. The fourth-order valence-corrected chi connectivity index (χ4v) is 4.95. The van der Waals surface area contributed by atoms with Crippen LogP contribution in [0.4, 0.5) is 5.13 Å². The number of hydrogen-bond acceptors (Lipinski definition) is 9. The van der Waals surface area contributed by atoms with Crippen molar-refractivity contribution in [1.82, 2.24) is 19.7 Å². The standard InChI is InChI=1S/C26H27N5O4S2/c1-4-34-24(33)13-19-15-36-25(27-19)28-23(32)16-37-26-30-29-22(14-35-20-10-6-5-7-11-20)31(26)21-12-8-9-17(2)18(21)3/h5-12,15H,4,13-14,16H2,1-3H3,(H,27,28,32). The molecule has 0 atom stereocenters. The monoisotopic (exact) mass is 537 g/mol. The number of thiazole rings is 1. The molecule has 1 N–H and O–H groups in total. The van der Waals surface area contributed by atoms with Crippen LogP contribution in [0.2, 0.25) is 0 Å². The van der Waals surface area contributed by atoms with Gasteiger partial charge in [0.25, 0.3) is 0 Å². The van der Waals surface area contributed by atoms with E-state index >= 15 is 0 Å². The maximum atomic E-state index is 12.7. The highest BCUT2D eigenvalue weighted by Crippen LogP contribution is 2.27. The van der Waals surface area contributed by atoms with Crippen LogP contribution < -0.4 is 10.1 Å². The van der Waals surface area contributed by atoms with Crippen molar-refractivity contribution >= 4 is 40.1 Å². The summed E-state index contributed by atoms with van der Waals surface area (Å²) in [6.45, 7) is 6.39. The summed E-state index contributed by atoms with van der Waals surface area (Å²) in [7, 11) is 0. The van der Waals surface area contributed by atoms with E-state index in [0.29, 0.717) is 28.4 Å². The molecule has 0 fully saturated rings. The minimum Gasteiger partial charge on any atom is -0.486 e. The summed E-state index contributed by atoms with van der Waals surface area (Å²) in [6, 6.07) is 15.6. The molecule has 4 aromatic rings. The van der Waals surface area contributed by atoms with Crippen molar-refractivity contribution in [2.45, 2.75) is 39.0 Å². The van der Waals surface area contributed by atoms with E-state index in [4.69, 9.17) is 9.47 Å². The van der Waals surface area contributed by atoms with E-state index in [9.17, 15) is 9.59 Å². The lowest BCUT2D eigenvalue weighted by atomic mass is 10.1. The number of amides is 1. The Morgan fingerprint density at radius 2 is 1.89 bits per heavy atom. The quantitative estimate of drug-likeness (QED) is 0.216. The fourth-order valence-electron chi connectivity index (χ4n) is 3.46. The lowest BCUT2D eigenvalue weighted by Gasteiger charge is -2.14. The van der Waals surface area contributed by atoms with Crippen molar-refractivity contribution in [2.24, 2.45) is 0 Å². The van der Waals surface area contributed by atoms with Crippen LogP contribution in [0.1, 0.15) is 29.6 Å². The summed E-state index contributed by atoms with van der Waals surface area (Å²) in [5.74, 6) is 0.884. The zero-order valence-electron chi connectivity index (χ0n) is 20.8. The lowest BCUT2D eigenvalue weighted by molar-refractivity contribution is -0.142. The number of nitrogens with one attached hydrogen (secondary N) is 1. The van der Waals surface area contributed by atoms with E-state index in [2.05, 4.69) is 20.5 Å². The zero-order valence-corrected chi connectivity index (χ0v) is 22.4. The number of ether oxygens (including phenoxy) is 2. The van der Waals surface area contributed by atoms with Crippen LogP contribution in [0.15, 0.2) is 59.1 Å². The number of nitrogens with zero attached hydrogens (tertiary/aromatic N) is 4. The second-order valence-corrected chi connectivity index (χ2v) is 9.82.